The highest BCUT2D eigenvalue weighted by molar-refractivity contribution is 5.16. The van der Waals surface area contributed by atoms with Crippen LogP contribution in [0.2, 0.25) is 0 Å². The zero-order valence-electron chi connectivity index (χ0n) is 11.7. The van der Waals surface area contributed by atoms with E-state index < -0.39 is 60.8 Å². The van der Waals surface area contributed by atoms with Gasteiger partial charge in [-0.25, -0.2) is 4.39 Å². The Morgan fingerprint density at radius 2 is 1.08 bits per heavy atom. The lowest BCUT2D eigenvalue weighted by Crippen LogP contribution is -2.69. The summed E-state index contributed by atoms with van der Waals surface area (Å²) in [5, 5.41) is 0. The summed E-state index contributed by atoms with van der Waals surface area (Å²) >= 11 is 0. The van der Waals surface area contributed by atoms with E-state index in [0.29, 0.717) is 0 Å². The van der Waals surface area contributed by atoms with Crippen LogP contribution in [0.15, 0.2) is 0 Å². The van der Waals surface area contributed by atoms with Crippen LogP contribution < -0.4 is 0 Å². The molecule has 26 heavy (non-hydrogen) atoms. The number of alkyl halides is 15. The van der Waals surface area contributed by atoms with Gasteiger partial charge < -0.3 is 0 Å². The highest BCUT2D eigenvalue weighted by atomic mass is 19.4. The van der Waals surface area contributed by atoms with Crippen LogP contribution in [0.1, 0.15) is 6.92 Å². The van der Waals surface area contributed by atoms with Crippen molar-refractivity contribution in [2.24, 2.45) is 5.92 Å². The second-order valence-corrected chi connectivity index (χ2v) is 5.29. The third-order valence-corrected chi connectivity index (χ3v) is 3.51. The summed E-state index contributed by atoms with van der Waals surface area (Å²) in [5.41, 5.74) is 0. The van der Waals surface area contributed by atoms with Gasteiger partial charge >= 0.3 is 41.8 Å². The minimum absolute atomic E-state index is 0.500. The van der Waals surface area contributed by atoms with E-state index in [1.807, 2.05) is 0 Å². The molecule has 1 aliphatic heterocycles. The topological polar surface area (TPSA) is 12.5 Å². The van der Waals surface area contributed by atoms with Crippen molar-refractivity contribution >= 4 is 0 Å². The van der Waals surface area contributed by atoms with Gasteiger partial charge in [0.1, 0.15) is 0 Å². The van der Waals surface area contributed by atoms with E-state index in [2.05, 4.69) is 4.74 Å². The molecule has 0 radical (unpaired) electrons. The molecule has 0 amide bonds. The first-order valence-electron chi connectivity index (χ1n) is 6.01. The van der Waals surface area contributed by atoms with Crippen molar-refractivity contribution in [3.05, 3.63) is 0 Å². The maximum atomic E-state index is 13.2. The summed E-state index contributed by atoms with van der Waals surface area (Å²) in [6.07, 6.45) is -17.0. The van der Waals surface area contributed by atoms with Crippen molar-refractivity contribution in [3.63, 3.8) is 0 Å². The largest absolute Gasteiger partial charge is 0.424 e. The summed E-state index contributed by atoms with van der Waals surface area (Å²) in [7, 11) is 0. The van der Waals surface area contributed by atoms with Crippen molar-refractivity contribution < 1.29 is 70.6 Å². The molecule has 3 unspecified atom stereocenters. The third kappa shape index (κ3) is 2.69. The number of halogens is 15. The Morgan fingerprint density at radius 3 is 1.35 bits per heavy atom. The monoisotopic (exact) mass is 426 g/mol. The second-order valence-electron chi connectivity index (χ2n) is 5.29. The first-order chi connectivity index (χ1) is 11.0. The maximum absolute atomic E-state index is 13.2. The average molecular weight is 426 g/mol. The smallest absolute Gasteiger partial charge is 0.265 e. The molecule has 0 aliphatic carbocycles. The van der Waals surface area contributed by atoms with Gasteiger partial charge in [-0.05, 0) is 0 Å². The minimum Gasteiger partial charge on any atom is -0.265 e. The highest BCUT2D eigenvalue weighted by Crippen LogP contribution is 2.67. The van der Waals surface area contributed by atoms with Gasteiger partial charge in [0.2, 0.25) is 0 Å². The standard InChI is InChI=1S/C10H5F15O/c1-2(5(14,15)16)3(11)4(12,13)6(17,18)7(19,20)8(21,22)9(23)10(24,25)26-9/h2-3H,1H3. The predicted octanol–water partition coefficient (Wildman–Crippen LogP) is 5.35. The third-order valence-electron chi connectivity index (χ3n) is 3.51. The molecule has 1 nitrogen and oxygen atoms in total. The van der Waals surface area contributed by atoms with Crippen molar-refractivity contribution in [1.29, 1.82) is 0 Å². The fourth-order valence-electron chi connectivity index (χ4n) is 1.66. The normalized spacial score (nSPS) is 27.2. The summed E-state index contributed by atoms with van der Waals surface area (Å²) in [5.74, 6) is -40.3. The quantitative estimate of drug-likeness (QED) is 0.412. The molecule has 0 aromatic heterocycles. The van der Waals surface area contributed by atoms with E-state index >= 15 is 0 Å². The fraction of sp³-hybridized carbons (Fsp3) is 1.00. The Hall–Kier alpha value is -1.09. The molecule has 0 saturated carbocycles. The fourth-order valence-corrected chi connectivity index (χ4v) is 1.66. The van der Waals surface area contributed by atoms with Crippen molar-refractivity contribution in [3.8, 4) is 0 Å². The molecule has 0 bridgehead atoms. The van der Waals surface area contributed by atoms with Gasteiger partial charge in [-0.1, -0.05) is 6.92 Å². The summed E-state index contributed by atoms with van der Waals surface area (Å²) in [4.78, 5) is 0. The van der Waals surface area contributed by atoms with Crippen LogP contribution in [0.4, 0.5) is 65.9 Å². The molecule has 16 heteroatoms. The second kappa shape index (κ2) is 5.47. The molecule has 156 valence electrons. The van der Waals surface area contributed by atoms with Gasteiger partial charge in [0.15, 0.2) is 6.17 Å². The van der Waals surface area contributed by atoms with E-state index in [-0.39, 0.29) is 0 Å². The summed E-state index contributed by atoms with van der Waals surface area (Å²) < 4.78 is 195. The van der Waals surface area contributed by atoms with Gasteiger partial charge in [0.25, 0.3) is 0 Å². The van der Waals surface area contributed by atoms with E-state index in [1.54, 1.807) is 0 Å². The SMILES string of the molecule is CC(C(F)C(F)(F)C(F)(F)C(F)(F)C(F)(F)C1(F)OC1(F)F)C(F)(F)F. The molecule has 0 aromatic rings. The zero-order valence-corrected chi connectivity index (χ0v) is 11.7. The van der Waals surface area contributed by atoms with Crippen molar-refractivity contribution in [2.75, 3.05) is 0 Å². The van der Waals surface area contributed by atoms with Gasteiger partial charge in [-0.15, -0.1) is 0 Å². The van der Waals surface area contributed by atoms with Crippen LogP contribution in [0.3, 0.4) is 0 Å². The molecule has 1 fully saturated rings. The molecular weight excluding hydrogens is 421 g/mol. The number of ether oxygens (including phenoxy) is 1. The first kappa shape index (κ1) is 23.0. The van der Waals surface area contributed by atoms with E-state index in [9.17, 15) is 65.9 Å². The van der Waals surface area contributed by atoms with Gasteiger partial charge in [0.05, 0.1) is 5.92 Å². The van der Waals surface area contributed by atoms with E-state index in [0.717, 1.165) is 0 Å². The Morgan fingerprint density at radius 1 is 0.731 bits per heavy atom. The van der Waals surface area contributed by atoms with Crippen molar-refractivity contribution in [2.45, 2.75) is 54.9 Å². The van der Waals surface area contributed by atoms with Crippen LogP contribution in [-0.2, 0) is 4.74 Å². The molecule has 0 aromatic carbocycles. The number of hydrogen-bond acceptors (Lipinski definition) is 1. The van der Waals surface area contributed by atoms with Crippen LogP contribution in [-0.4, -0.2) is 48.0 Å². The minimum atomic E-state index is -7.78. The van der Waals surface area contributed by atoms with Crippen LogP contribution >= 0.6 is 0 Å². The predicted molar refractivity (Wildman–Crippen MR) is 49.8 cm³/mol. The van der Waals surface area contributed by atoms with Gasteiger partial charge in [-0.3, -0.25) is 4.74 Å². The van der Waals surface area contributed by atoms with Gasteiger partial charge in [0, 0.05) is 0 Å². The van der Waals surface area contributed by atoms with Crippen LogP contribution in [0, 0.1) is 5.92 Å². The van der Waals surface area contributed by atoms with Crippen LogP contribution in [0.5, 0.6) is 0 Å². The molecule has 1 heterocycles. The van der Waals surface area contributed by atoms with E-state index in [4.69, 9.17) is 0 Å². The Labute approximate surface area is 133 Å². The summed E-state index contributed by atoms with van der Waals surface area (Å²) in [6.45, 7) is -0.500. The van der Waals surface area contributed by atoms with Gasteiger partial charge in [-0.2, -0.15) is 61.5 Å². The Kier molecular flexibility index (Phi) is 4.83. The molecule has 0 N–H and O–H groups in total. The molecule has 1 rings (SSSR count). The van der Waals surface area contributed by atoms with Crippen LogP contribution in [0.25, 0.3) is 0 Å². The molecule has 1 saturated heterocycles. The maximum Gasteiger partial charge on any atom is 0.424 e. The number of rotatable bonds is 6. The lowest BCUT2D eigenvalue weighted by molar-refractivity contribution is -0.399. The van der Waals surface area contributed by atoms with E-state index in [1.165, 1.54) is 0 Å². The first-order valence-corrected chi connectivity index (χ1v) is 6.01. The molecular formula is C10H5F15O. The lowest BCUT2D eigenvalue weighted by atomic mass is 9.88. The average Bonchev–Trinajstić information content (AvgIpc) is 2.95. The zero-order chi connectivity index (χ0) is 21.4. The Balaban J connectivity index is 3.37. The summed E-state index contributed by atoms with van der Waals surface area (Å²) in [6, 6.07) is 0. The number of hydrogen-bond donors (Lipinski definition) is 0. The molecule has 3 atom stereocenters. The highest BCUT2D eigenvalue weighted by Gasteiger charge is 2.98. The van der Waals surface area contributed by atoms with Crippen molar-refractivity contribution in [1.82, 2.24) is 0 Å². The Bertz CT molecular complexity index is 551. The number of epoxide rings is 1. The molecule has 1 aliphatic rings. The lowest BCUT2D eigenvalue weighted by Gasteiger charge is -2.39. The molecule has 0 spiro atoms.